The number of primary amides is 1. The second-order valence-electron chi connectivity index (χ2n) is 7.51. The van der Waals surface area contributed by atoms with E-state index in [9.17, 15) is 9.59 Å². The van der Waals surface area contributed by atoms with E-state index in [1.165, 1.54) is 22.7 Å². The number of aromatic nitrogens is 1. The molecule has 8 heteroatoms. The molecule has 158 valence electrons. The Morgan fingerprint density at radius 3 is 2.35 bits per heavy atom. The van der Waals surface area contributed by atoms with Gasteiger partial charge in [-0.1, -0.05) is 29.8 Å². The summed E-state index contributed by atoms with van der Waals surface area (Å²) in [7, 11) is 0. The molecule has 0 bridgehead atoms. The lowest BCUT2D eigenvalue weighted by Crippen LogP contribution is -2.17. The molecular formula is C23H22N4O2S2. The maximum Gasteiger partial charge on any atom is 0.268 e. The lowest BCUT2D eigenvalue weighted by atomic mass is 10.0. The van der Waals surface area contributed by atoms with Gasteiger partial charge < -0.3 is 16.8 Å². The number of carbonyl (C=O) groups excluding carboxylic acids is 2. The smallest absolute Gasteiger partial charge is 0.268 e. The predicted molar refractivity (Wildman–Crippen MR) is 129 cm³/mol. The van der Waals surface area contributed by atoms with E-state index in [4.69, 9.17) is 11.5 Å². The van der Waals surface area contributed by atoms with E-state index >= 15 is 0 Å². The van der Waals surface area contributed by atoms with E-state index < -0.39 is 5.91 Å². The third-order valence-electron chi connectivity index (χ3n) is 5.51. The minimum Gasteiger partial charge on any atom is -0.397 e. The van der Waals surface area contributed by atoms with Gasteiger partial charge in [0, 0.05) is 22.0 Å². The first-order valence-electron chi connectivity index (χ1n) is 9.64. The van der Waals surface area contributed by atoms with Crippen molar-refractivity contribution in [3.63, 3.8) is 0 Å². The number of benzene rings is 1. The van der Waals surface area contributed by atoms with Gasteiger partial charge in [0.05, 0.1) is 11.3 Å². The Labute approximate surface area is 187 Å². The van der Waals surface area contributed by atoms with Crippen LogP contribution in [0.2, 0.25) is 0 Å². The van der Waals surface area contributed by atoms with Crippen LogP contribution in [-0.4, -0.2) is 16.8 Å². The van der Waals surface area contributed by atoms with Crippen LogP contribution < -0.4 is 16.8 Å². The van der Waals surface area contributed by atoms with Crippen LogP contribution in [0.15, 0.2) is 29.6 Å². The third-order valence-corrected chi connectivity index (χ3v) is 7.50. The topological polar surface area (TPSA) is 111 Å². The molecule has 2 amide bonds. The number of carbonyl (C=O) groups is 2. The van der Waals surface area contributed by atoms with Crippen molar-refractivity contribution in [2.45, 2.75) is 27.7 Å². The zero-order chi connectivity index (χ0) is 22.4. The molecule has 0 spiro atoms. The Morgan fingerprint density at radius 1 is 1.03 bits per heavy atom. The normalized spacial score (nSPS) is 11.1. The molecule has 0 unspecified atom stereocenters. The molecule has 0 radical (unpaired) electrons. The van der Waals surface area contributed by atoms with E-state index in [1.54, 1.807) is 0 Å². The number of nitrogen functional groups attached to an aromatic ring is 1. The standard InChI is InChI=1S/C23H22N4O2S2/c1-10-5-7-14(8-6-10)15-9-30-22(17(15)20(25)28)27-21(29)19-18(24)16-12(3)11(2)13(4)26-23(16)31-19/h5-9H,24H2,1-4H3,(H2,25,28)(H,27,29). The largest absolute Gasteiger partial charge is 0.397 e. The van der Waals surface area contributed by atoms with Crippen LogP contribution in [0.1, 0.15) is 42.4 Å². The number of aryl methyl sites for hydroxylation is 3. The van der Waals surface area contributed by atoms with Crippen LogP contribution >= 0.6 is 22.7 Å². The quantitative estimate of drug-likeness (QED) is 0.397. The molecule has 0 aliphatic heterocycles. The van der Waals surface area contributed by atoms with Crippen molar-refractivity contribution in [2.24, 2.45) is 5.73 Å². The molecule has 3 heterocycles. The summed E-state index contributed by atoms with van der Waals surface area (Å²) in [6.45, 7) is 7.91. The molecule has 0 fully saturated rings. The summed E-state index contributed by atoms with van der Waals surface area (Å²) in [4.78, 5) is 31.0. The molecule has 0 saturated heterocycles. The van der Waals surface area contributed by atoms with Gasteiger partial charge >= 0.3 is 0 Å². The van der Waals surface area contributed by atoms with E-state index in [-0.39, 0.29) is 5.91 Å². The van der Waals surface area contributed by atoms with E-state index in [0.29, 0.717) is 26.7 Å². The number of rotatable bonds is 4. The monoisotopic (exact) mass is 450 g/mol. The second-order valence-corrected chi connectivity index (χ2v) is 9.39. The Hall–Kier alpha value is -3.23. The summed E-state index contributed by atoms with van der Waals surface area (Å²) >= 11 is 2.51. The lowest BCUT2D eigenvalue weighted by Gasteiger charge is -2.07. The Kier molecular flexibility index (Phi) is 5.28. The molecule has 3 aromatic heterocycles. The molecule has 0 atom stereocenters. The number of nitrogens with one attached hydrogen (secondary N) is 1. The van der Waals surface area contributed by atoms with Gasteiger partial charge in [0.2, 0.25) is 0 Å². The summed E-state index contributed by atoms with van der Waals surface area (Å²) in [5.74, 6) is -0.977. The van der Waals surface area contributed by atoms with Gasteiger partial charge in [0.25, 0.3) is 11.8 Å². The first-order chi connectivity index (χ1) is 14.7. The zero-order valence-electron chi connectivity index (χ0n) is 17.6. The van der Waals surface area contributed by atoms with Gasteiger partial charge in [0.1, 0.15) is 14.7 Å². The maximum absolute atomic E-state index is 13.1. The summed E-state index contributed by atoms with van der Waals surface area (Å²) in [6.07, 6.45) is 0. The summed E-state index contributed by atoms with van der Waals surface area (Å²) < 4.78 is 0. The molecule has 31 heavy (non-hydrogen) atoms. The zero-order valence-corrected chi connectivity index (χ0v) is 19.3. The lowest BCUT2D eigenvalue weighted by molar-refractivity contribution is 0.100. The van der Waals surface area contributed by atoms with Crippen molar-refractivity contribution in [3.05, 3.63) is 62.5 Å². The highest BCUT2D eigenvalue weighted by molar-refractivity contribution is 7.21. The minimum atomic E-state index is -0.597. The molecular weight excluding hydrogens is 428 g/mol. The fourth-order valence-corrected chi connectivity index (χ4v) is 5.60. The van der Waals surface area contributed by atoms with Crippen LogP contribution in [0.5, 0.6) is 0 Å². The number of hydrogen-bond acceptors (Lipinski definition) is 6. The average Bonchev–Trinajstić information content (AvgIpc) is 3.28. The minimum absolute atomic E-state index is 0.294. The number of nitrogens with zero attached hydrogens (tertiary/aromatic N) is 1. The first kappa shape index (κ1) is 21.0. The Balaban J connectivity index is 1.74. The Bertz CT molecular complexity index is 1350. The van der Waals surface area contributed by atoms with Crippen molar-refractivity contribution in [1.82, 2.24) is 4.98 Å². The van der Waals surface area contributed by atoms with Crippen molar-refractivity contribution < 1.29 is 9.59 Å². The summed E-state index contributed by atoms with van der Waals surface area (Å²) in [6, 6.07) is 7.79. The molecule has 0 aliphatic carbocycles. The molecule has 0 aliphatic rings. The van der Waals surface area contributed by atoms with E-state index in [2.05, 4.69) is 10.3 Å². The van der Waals surface area contributed by atoms with Crippen molar-refractivity contribution in [3.8, 4) is 11.1 Å². The number of anilines is 2. The van der Waals surface area contributed by atoms with E-state index in [0.717, 1.165) is 38.2 Å². The first-order valence-corrected chi connectivity index (χ1v) is 11.3. The van der Waals surface area contributed by atoms with Gasteiger partial charge in [-0.2, -0.15) is 0 Å². The second kappa shape index (κ2) is 7.79. The highest BCUT2D eigenvalue weighted by atomic mass is 32.1. The van der Waals surface area contributed by atoms with Crippen molar-refractivity contribution in [2.75, 3.05) is 11.1 Å². The molecule has 5 N–H and O–H groups in total. The molecule has 6 nitrogen and oxygen atoms in total. The number of fused-ring (bicyclic) bond motifs is 1. The maximum atomic E-state index is 13.1. The van der Waals surface area contributed by atoms with Gasteiger partial charge in [-0.3, -0.25) is 9.59 Å². The SMILES string of the molecule is Cc1ccc(-c2csc(NC(=O)c3sc4nc(C)c(C)c(C)c4c3N)c2C(N)=O)cc1. The number of nitrogens with two attached hydrogens (primary N) is 2. The number of pyridine rings is 1. The van der Waals surface area contributed by atoms with Crippen LogP contribution in [0, 0.1) is 27.7 Å². The molecule has 0 saturated carbocycles. The van der Waals surface area contributed by atoms with Crippen molar-refractivity contribution >= 4 is 55.4 Å². The van der Waals surface area contributed by atoms with Crippen LogP contribution in [0.3, 0.4) is 0 Å². The molecule has 4 rings (SSSR count). The van der Waals surface area contributed by atoms with Gasteiger partial charge in [-0.05, 0) is 44.4 Å². The van der Waals surface area contributed by atoms with Gasteiger partial charge in [0.15, 0.2) is 0 Å². The van der Waals surface area contributed by atoms with Crippen LogP contribution in [0.4, 0.5) is 10.7 Å². The summed E-state index contributed by atoms with van der Waals surface area (Å²) in [5.41, 5.74) is 18.4. The van der Waals surface area contributed by atoms with Gasteiger partial charge in [-0.25, -0.2) is 4.98 Å². The van der Waals surface area contributed by atoms with Gasteiger partial charge in [-0.15, -0.1) is 22.7 Å². The predicted octanol–water partition coefficient (Wildman–Crippen LogP) is 5.19. The average molecular weight is 451 g/mol. The number of amides is 2. The van der Waals surface area contributed by atoms with Crippen LogP contribution in [0.25, 0.3) is 21.3 Å². The molecule has 4 aromatic rings. The molecule has 1 aromatic carbocycles. The van der Waals surface area contributed by atoms with Crippen molar-refractivity contribution in [1.29, 1.82) is 0 Å². The fraction of sp³-hybridized carbons (Fsp3) is 0.174. The number of hydrogen-bond donors (Lipinski definition) is 3. The summed E-state index contributed by atoms with van der Waals surface area (Å²) in [5, 5.41) is 5.88. The third kappa shape index (κ3) is 3.58. The van der Waals surface area contributed by atoms with E-state index in [1.807, 2.05) is 57.3 Å². The highest BCUT2D eigenvalue weighted by Gasteiger charge is 2.24. The fourth-order valence-electron chi connectivity index (χ4n) is 3.54. The Morgan fingerprint density at radius 2 is 1.71 bits per heavy atom. The number of thiophene rings is 2. The van der Waals surface area contributed by atoms with Crippen LogP contribution in [-0.2, 0) is 0 Å². The highest BCUT2D eigenvalue weighted by Crippen LogP contribution is 2.39.